The normalized spacial score (nSPS) is 24.8. The topological polar surface area (TPSA) is 143 Å². The van der Waals surface area contributed by atoms with Gasteiger partial charge in [-0.1, -0.05) is 18.2 Å². The van der Waals surface area contributed by atoms with Gasteiger partial charge in [0.2, 0.25) is 11.8 Å². The van der Waals surface area contributed by atoms with E-state index in [1.165, 1.54) is 0 Å². The summed E-state index contributed by atoms with van der Waals surface area (Å²) in [5.41, 5.74) is 2.59. The maximum atomic E-state index is 13.5. The first-order valence-corrected chi connectivity index (χ1v) is 12.4. The zero-order valence-electron chi connectivity index (χ0n) is 20.1. The van der Waals surface area contributed by atoms with E-state index < -0.39 is 42.1 Å². The number of nitrogens with one attached hydrogen (secondary N) is 1. The number of ether oxygens (including phenoxy) is 1. The lowest BCUT2D eigenvalue weighted by molar-refractivity contribution is -0.151. The summed E-state index contributed by atoms with van der Waals surface area (Å²) in [4.78, 5) is 57.0. The van der Waals surface area contributed by atoms with Crippen molar-refractivity contribution in [3.63, 3.8) is 0 Å². The number of carboxylic acid groups (broad SMARTS) is 1. The van der Waals surface area contributed by atoms with Crippen LogP contribution in [0.25, 0.3) is 0 Å². The second kappa shape index (κ2) is 11.5. The summed E-state index contributed by atoms with van der Waals surface area (Å²) in [5.74, 6) is -2.60. The Bertz CT molecular complexity index is 947. The van der Waals surface area contributed by atoms with Crippen molar-refractivity contribution in [2.45, 2.75) is 37.8 Å². The Labute approximate surface area is 209 Å². The highest BCUT2D eigenvalue weighted by molar-refractivity contribution is 5.92. The smallest absolute Gasteiger partial charge is 0.410 e. The summed E-state index contributed by atoms with van der Waals surface area (Å²) in [7, 11) is 0. The minimum absolute atomic E-state index is 0.0733. The number of piperidine rings is 2. The summed E-state index contributed by atoms with van der Waals surface area (Å²) in [6, 6.07) is 8.44. The Hall–Kier alpha value is -3.54. The lowest BCUT2D eigenvalue weighted by Gasteiger charge is -2.44. The van der Waals surface area contributed by atoms with Crippen LogP contribution >= 0.6 is 0 Å². The van der Waals surface area contributed by atoms with Crippen molar-refractivity contribution in [1.29, 1.82) is 0 Å². The Balaban J connectivity index is 1.46. The highest BCUT2D eigenvalue weighted by Gasteiger charge is 2.49. The molecule has 3 fully saturated rings. The molecule has 0 bridgehead atoms. The van der Waals surface area contributed by atoms with Crippen LogP contribution in [-0.2, 0) is 14.3 Å². The van der Waals surface area contributed by atoms with Gasteiger partial charge in [-0.3, -0.25) is 19.7 Å². The second-order valence-electron chi connectivity index (χ2n) is 9.40. The minimum atomic E-state index is -1.40. The van der Waals surface area contributed by atoms with Crippen molar-refractivity contribution in [2.75, 3.05) is 50.7 Å². The molecule has 0 spiro atoms. The quantitative estimate of drug-likeness (QED) is 0.411. The number of amides is 4. The Morgan fingerprint density at radius 2 is 1.56 bits per heavy atom. The number of nitrogens with zero attached hydrogens (tertiary/aromatic N) is 4. The monoisotopic (exact) mass is 503 g/mol. The maximum absolute atomic E-state index is 13.5. The number of carbonyl (C=O) groups is 4. The van der Waals surface area contributed by atoms with Gasteiger partial charge in [-0.15, -0.1) is 0 Å². The van der Waals surface area contributed by atoms with Gasteiger partial charge in [-0.05, 0) is 31.4 Å². The predicted octanol–water partition coefficient (Wildman–Crippen LogP) is 1.20. The summed E-state index contributed by atoms with van der Waals surface area (Å²) < 4.78 is 5.56. The van der Waals surface area contributed by atoms with Crippen molar-refractivity contribution in [2.24, 2.45) is 5.92 Å². The van der Waals surface area contributed by atoms with Gasteiger partial charge in [-0.25, -0.2) is 15.1 Å². The summed E-state index contributed by atoms with van der Waals surface area (Å²) in [6.45, 7) is 2.72. The van der Waals surface area contributed by atoms with E-state index in [-0.39, 0.29) is 13.0 Å². The first-order valence-electron chi connectivity index (χ1n) is 12.4. The largest absolute Gasteiger partial charge is 0.465 e. The number of anilines is 1. The van der Waals surface area contributed by atoms with E-state index in [4.69, 9.17) is 4.74 Å². The first-order chi connectivity index (χ1) is 17.4. The average Bonchev–Trinajstić information content (AvgIpc) is 2.92. The van der Waals surface area contributed by atoms with Crippen LogP contribution in [0.4, 0.5) is 15.3 Å². The highest BCUT2D eigenvalue weighted by Crippen LogP contribution is 2.29. The number of piperazine rings is 1. The van der Waals surface area contributed by atoms with Gasteiger partial charge in [0.15, 0.2) is 0 Å². The molecule has 3 aliphatic heterocycles. The van der Waals surface area contributed by atoms with Crippen molar-refractivity contribution >= 4 is 29.7 Å². The van der Waals surface area contributed by atoms with Gasteiger partial charge in [0.1, 0.15) is 12.1 Å². The number of rotatable bonds is 4. The molecular weight excluding hydrogens is 470 g/mol. The van der Waals surface area contributed by atoms with E-state index >= 15 is 0 Å². The maximum Gasteiger partial charge on any atom is 0.410 e. The molecule has 1 aromatic rings. The molecule has 3 heterocycles. The first kappa shape index (κ1) is 25.5. The highest BCUT2D eigenvalue weighted by atomic mass is 16.6. The zero-order chi connectivity index (χ0) is 25.7. The molecule has 3 atom stereocenters. The van der Waals surface area contributed by atoms with E-state index in [1.54, 1.807) is 15.3 Å². The number of hydrogen-bond donors (Lipinski definition) is 3. The van der Waals surface area contributed by atoms with Crippen LogP contribution < -0.4 is 10.4 Å². The van der Waals surface area contributed by atoms with Gasteiger partial charge in [-0.2, -0.15) is 0 Å². The molecule has 4 rings (SSSR count). The number of hydrogen-bond acceptors (Lipinski definition) is 7. The van der Waals surface area contributed by atoms with E-state index in [2.05, 4.69) is 4.90 Å². The number of para-hydroxylation sites is 1. The molecule has 36 heavy (non-hydrogen) atoms. The van der Waals surface area contributed by atoms with Crippen LogP contribution in [0.15, 0.2) is 30.3 Å². The third kappa shape index (κ3) is 5.64. The van der Waals surface area contributed by atoms with Crippen molar-refractivity contribution in [3.8, 4) is 0 Å². The van der Waals surface area contributed by atoms with Gasteiger partial charge < -0.3 is 24.5 Å². The zero-order valence-corrected chi connectivity index (χ0v) is 20.1. The van der Waals surface area contributed by atoms with E-state index in [9.17, 15) is 29.5 Å². The fourth-order valence-electron chi connectivity index (χ4n) is 5.26. The predicted molar refractivity (Wildman–Crippen MR) is 127 cm³/mol. The fraction of sp³-hybridized carbons (Fsp3) is 0.583. The molecule has 3 aliphatic rings. The Morgan fingerprint density at radius 1 is 0.889 bits per heavy atom. The van der Waals surface area contributed by atoms with Crippen LogP contribution in [-0.4, -0.2) is 107 Å². The molecule has 0 aliphatic carbocycles. The molecule has 0 radical (unpaired) electrons. The standard InChI is InChI=1S/C24H33N5O7/c30-21(25-35)19-15-18(36-24(34)28-9-5-2-6-10-28)16-29(23(32)33)20(19)22(31)27-13-11-26(12-14-27)17-7-3-1-4-8-17/h1,3-4,7-8,18-20,35H,2,5-6,9-16H2,(H,25,30)(H,32,33)/t18-,19-,20-/m0/s1. The molecule has 0 unspecified atom stereocenters. The van der Waals surface area contributed by atoms with E-state index in [0.29, 0.717) is 39.3 Å². The second-order valence-corrected chi connectivity index (χ2v) is 9.40. The van der Waals surface area contributed by atoms with Gasteiger partial charge in [0.25, 0.3) is 0 Å². The van der Waals surface area contributed by atoms with Crippen LogP contribution in [0.2, 0.25) is 0 Å². The molecule has 4 amide bonds. The molecule has 0 aromatic heterocycles. The Kier molecular flexibility index (Phi) is 8.14. The van der Waals surface area contributed by atoms with Crippen molar-refractivity contribution in [3.05, 3.63) is 30.3 Å². The minimum Gasteiger partial charge on any atom is -0.465 e. The third-order valence-corrected chi connectivity index (χ3v) is 7.17. The summed E-state index contributed by atoms with van der Waals surface area (Å²) >= 11 is 0. The fourth-order valence-corrected chi connectivity index (χ4v) is 5.26. The molecule has 12 nitrogen and oxygen atoms in total. The molecule has 0 saturated carbocycles. The third-order valence-electron chi connectivity index (χ3n) is 7.17. The number of hydroxylamine groups is 1. The molecule has 12 heteroatoms. The molecular formula is C24H33N5O7. The van der Waals surface area contributed by atoms with Gasteiger partial charge in [0, 0.05) is 51.4 Å². The lowest BCUT2D eigenvalue weighted by atomic mass is 9.86. The van der Waals surface area contributed by atoms with Gasteiger partial charge in [0.05, 0.1) is 12.5 Å². The summed E-state index contributed by atoms with van der Waals surface area (Å²) in [6.07, 6.45) is -0.189. The van der Waals surface area contributed by atoms with E-state index in [1.807, 2.05) is 30.3 Å². The average molecular weight is 504 g/mol. The lowest BCUT2D eigenvalue weighted by Crippen LogP contribution is -2.64. The van der Waals surface area contributed by atoms with Crippen LogP contribution in [0.3, 0.4) is 0 Å². The molecule has 3 saturated heterocycles. The molecule has 3 N–H and O–H groups in total. The molecule has 1 aromatic carbocycles. The van der Waals surface area contributed by atoms with Crippen LogP contribution in [0, 0.1) is 5.92 Å². The van der Waals surface area contributed by atoms with Gasteiger partial charge >= 0.3 is 12.2 Å². The van der Waals surface area contributed by atoms with E-state index in [0.717, 1.165) is 29.8 Å². The summed E-state index contributed by atoms with van der Waals surface area (Å²) in [5, 5.41) is 19.3. The number of carbonyl (C=O) groups excluding carboxylic acids is 3. The molecule has 196 valence electrons. The van der Waals surface area contributed by atoms with Crippen molar-refractivity contribution < 1.29 is 34.2 Å². The SMILES string of the molecule is O=C(NO)[C@H]1C[C@H](OC(=O)N2CCCCC2)CN(C(=O)O)[C@@H]1C(=O)N1CCN(c2ccccc2)CC1. The number of benzene rings is 1. The number of likely N-dealkylation sites (tertiary alicyclic amines) is 2. The Morgan fingerprint density at radius 3 is 2.17 bits per heavy atom. The van der Waals surface area contributed by atoms with Crippen LogP contribution in [0.1, 0.15) is 25.7 Å². The van der Waals surface area contributed by atoms with Crippen molar-refractivity contribution in [1.82, 2.24) is 20.2 Å². The van der Waals surface area contributed by atoms with Crippen LogP contribution in [0.5, 0.6) is 0 Å².